The van der Waals surface area contributed by atoms with Gasteiger partial charge in [0.15, 0.2) is 0 Å². The van der Waals surface area contributed by atoms with Crippen molar-refractivity contribution in [3.63, 3.8) is 0 Å². The number of carboxylic acids is 1. The minimum absolute atomic E-state index is 0.396. The Morgan fingerprint density at radius 1 is 1.46 bits per heavy atom. The number of hydrogen-bond donors (Lipinski definition) is 1. The molecule has 74 valence electrons. The predicted octanol–water partition coefficient (Wildman–Crippen LogP) is 2.53. The van der Waals surface area contributed by atoms with Crippen LogP contribution in [0.4, 0.5) is 0 Å². The molecule has 2 saturated carbocycles. The summed E-state index contributed by atoms with van der Waals surface area (Å²) in [7, 11) is 0. The smallest absolute Gasteiger partial charge is 0.319 e. The van der Waals surface area contributed by atoms with Gasteiger partial charge in [-0.05, 0) is 43.3 Å². The van der Waals surface area contributed by atoms with Gasteiger partial charge < -0.3 is 5.11 Å². The molecule has 13 heavy (non-hydrogen) atoms. The molecule has 2 aliphatic carbocycles. The van der Waals surface area contributed by atoms with Crippen LogP contribution in [-0.2, 0) is 4.79 Å². The van der Waals surface area contributed by atoms with E-state index >= 15 is 0 Å². The molecule has 0 aromatic carbocycles. The van der Waals surface area contributed by atoms with E-state index in [2.05, 4.69) is 6.92 Å². The Labute approximate surface area is 83.1 Å². The van der Waals surface area contributed by atoms with Crippen molar-refractivity contribution < 1.29 is 9.90 Å². The van der Waals surface area contributed by atoms with Crippen LogP contribution in [0.2, 0.25) is 0 Å². The Morgan fingerprint density at radius 2 is 2.08 bits per heavy atom. The first kappa shape index (κ1) is 9.38. The number of hydrogen-bond acceptors (Lipinski definition) is 2. The molecular formula is C10H16O2S. The highest BCUT2D eigenvalue weighted by molar-refractivity contribution is 8.01. The molecule has 0 aromatic heterocycles. The van der Waals surface area contributed by atoms with Crippen LogP contribution in [-0.4, -0.2) is 21.6 Å². The summed E-state index contributed by atoms with van der Waals surface area (Å²) in [6.07, 6.45) is 5.48. The van der Waals surface area contributed by atoms with Gasteiger partial charge in [-0.3, -0.25) is 4.79 Å². The second-order valence-corrected chi connectivity index (χ2v) is 5.98. The zero-order valence-corrected chi connectivity index (χ0v) is 8.82. The first-order valence-corrected chi connectivity index (χ1v) is 5.98. The maximum atomic E-state index is 11.1. The molecule has 0 saturated heterocycles. The van der Waals surface area contributed by atoms with Crippen LogP contribution in [0.1, 0.15) is 39.0 Å². The van der Waals surface area contributed by atoms with E-state index in [1.54, 1.807) is 11.8 Å². The Morgan fingerprint density at radius 3 is 2.46 bits per heavy atom. The molecule has 0 radical (unpaired) electrons. The first-order chi connectivity index (χ1) is 6.13. The maximum absolute atomic E-state index is 11.1. The van der Waals surface area contributed by atoms with Gasteiger partial charge in [0, 0.05) is 0 Å². The third-order valence-electron chi connectivity index (χ3n) is 3.25. The van der Waals surface area contributed by atoms with Gasteiger partial charge in [-0.2, -0.15) is 0 Å². The van der Waals surface area contributed by atoms with Crippen LogP contribution in [0.5, 0.6) is 0 Å². The quantitative estimate of drug-likeness (QED) is 0.757. The van der Waals surface area contributed by atoms with E-state index in [-0.39, 0.29) is 0 Å². The normalized spacial score (nSPS) is 26.8. The van der Waals surface area contributed by atoms with Gasteiger partial charge in [0.1, 0.15) is 4.75 Å². The minimum Gasteiger partial charge on any atom is -0.480 e. The highest BCUT2D eigenvalue weighted by Gasteiger charge is 2.64. The average molecular weight is 200 g/mol. The fraction of sp³-hybridized carbons (Fsp3) is 0.900. The lowest BCUT2D eigenvalue weighted by Gasteiger charge is -2.44. The van der Waals surface area contributed by atoms with Crippen molar-refractivity contribution in [2.24, 2.45) is 5.41 Å². The third-order valence-corrected chi connectivity index (χ3v) is 4.88. The van der Waals surface area contributed by atoms with Gasteiger partial charge in [0.2, 0.25) is 0 Å². The molecule has 0 unspecified atom stereocenters. The minimum atomic E-state index is -0.580. The molecule has 3 heteroatoms. The molecule has 2 aliphatic rings. The molecule has 2 fully saturated rings. The summed E-state index contributed by atoms with van der Waals surface area (Å²) in [5, 5.41) is 9.15. The maximum Gasteiger partial charge on any atom is 0.319 e. The van der Waals surface area contributed by atoms with Gasteiger partial charge in [-0.1, -0.05) is 6.92 Å². The van der Waals surface area contributed by atoms with Gasteiger partial charge in [-0.25, -0.2) is 0 Å². The summed E-state index contributed by atoms with van der Waals surface area (Å²) in [6.45, 7) is 2.11. The fourth-order valence-electron chi connectivity index (χ4n) is 2.30. The number of carbonyl (C=O) groups is 1. The molecule has 0 aliphatic heterocycles. The zero-order chi connectivity index (χ0) is 9.53. The van der Waals surface area contributed by atoms with Gasteiger partial charge >= 0.3 is 5.97 Å². The summed E-state index contributed by atoms with van der Waals surface area (Å²) < 4.78 is -0.396. The van der Waals surface area contributed by atoms with E-state index in [1.807, 2.05) is 0 Å². The molecule has 2 nitrogen and oxygen atoms in total. The Kier molecular flexibility index (Phi) is 2.10. The molecule has 0 bridgehead atoms. The lowest BCUT2D eigenvalue weighted by atomic mass is 9.71. The van der Waals surface area contributed by atoms with Gasteiger partial charge in [-0.15, -0.1) is 11.8 Å². The molecule has 0 amide bonds. The van der Waals surface area contributed by atoms with Crippen LogP contribution in [0.15, 0.2) is 0 Å². The van der Waals surface area contributed by atoms with Crippen molar-refractivity contribution in [2.75, 3.05) is 5.75 Å². The molecule has 0 atom stereocenters. The topological polar surface area (TPSA) is 37.3 Å². The Bertz CT molecular complexity index is 225. The van der Waals surface area contributed by atoms with Gasteiger partial charge in [0.25, 0.3) is 0 Å². The number of rotatable bonds is 4. The second-order valence-electron chi connectivity index (χ2n) is 4.50. The Hall–Kier alpha value is -0.180. The third kappa shape index (κ3) is 1.47. The predicted molar refractivity (Wildman–Crippen MR) is 54.0 cm³/mol. The number of carboxylic acid groups (broad SMARTS) is 1. The lowest BCUT2D eigenvalue weighted by Crippen LogP contribution is -2.49. The SMILES string of the molecule is CCCSC1(C(=O)O)CC2(CC2)C1. The van der Waals surface area contributed by atoms with Crippen molar-refractivity contribution in [2.45, 2.75) is 43.8 Å². The van der Waals surface area contributed by atoms with Crippen molar-refractivity contribution >= 4 is 17.7 Å². The number of thioether (sulfide) groups is 1. The van der Waals surface area contributed by atoms with E-state index in [1.165, 1.54) is 12.8 Å². The molecule has 2 rings (SSSR count). The standard InChI is InChI=1S/C10H16O2S/c1-2-5-13-10(8(11)12)6-9(7-10)3-4-9/h2-7H2,1H3,(H,11,12). The summed E-state index contributed by atoms with van der Waals surface area (Å²) in [6, 6.07) is 0. The highest BCUT2D eigenvalue weighted by Crippen LogP contribution is 2.68. The van der Waals surface area contributed by atoms with Crippen LogP contribution in [0.3, 0.4) is 0 Å². The van der Waals surface area contributed by atoms with Crippen molar-refractivity contribution in [1.82, 2.24) is 0 Å². The van der Waals surface area contributed by atoms with E-state index < -0.39 is 10.7 Å². The first-order valence-electron chi connectivity index (χ1n) is 5.00. The average Bonchev–Trinajstić information content (AvgIpc) is 2.77. The second kappa shape index (κ2) is 2.91. The monoisotopic (exact) mass is 200 g/mol. The van der Waals surface area contributed by atoms with Crippen molar-refractivity contribution in [3.05, 3.63) is 0 Å². The summed E-state index contributed by atoms with van der Waals surface area (Å²) in [5.41, 5.74) is 0.485. The molecule has 0 aromatic rings. The van der Waals surface area contributed by atoms with Crippen molar-refractivity contribution in [3.8, 4) is 0 Å². The highest BCUT2D eigenvalue weighted by atomic mass is 32.2. The van der Waals surface area contributed by atoms with E-state index in [9.17, 15) is 4.79 Å². The number of aliphatic carboxylic acids is 1. The lowest BCUT2D eigenvalue weighted by molar-refractivity contribution is -0.144. The molecule has 1 N–H and O–H groups in total. The molecular weight excluding hydrogens is 184 g/mol. The van der Waals surface area contributed by atoms with E-state index in [0.717, 1.165) is 25.0 Å². The van der Waals surface area contributed by atoms with Crippen LogP contribution < -0.4 is 0 Å². The summed E-state index contributed by atoms with van der Waals surface area (Å²) in [4.78, 5) is 11.1. The van der Waals surface area contributed by atoms with Crippen LogP contribution >= 0.6 is 11.8 Å². The molecule has 0 heterocycles. The zero-order valence-electron chi connectivity index (χ0n) is 8.01. The largest absolute Gasteiger partial charge is 0.480 e. The molecule has 1 spiro atoms. The van der Waals surface area contributed by atoms with Gasteiger partial charge in [0.05, 0.1) is 0 Å². The van der Waals surface area contributed by atoms with E-state index in [0.29, 0.717) is 5.41 Å². The summed E-state index contributed by atoms with van der Waals surface area (Å²) >= 11 is 1.66. The Balaban J connectivity index is 1.94. The van der Waals surface area contributed by atoms with Crippen molar-refractivity contribution in [1.29, 1.82) is 0 Å². The van der Waals surface area contributed by atoms with Crippen LogP contribution in [0.25, 0.3) is 0 Å². The van der Waals surface area contributed by atoms with E-state index in [4.69, 9.17) is 5.11 Å². The fourth-order valence-corrected chi connectivity index (χ4v) is 3.84. The van der Waals surface area contributed by atoms with Crippen LogP contribution in [0, 0.1) is 5.41 Å². The summed E-state index contributed by atoms with van der Waals surface area (Å²) in [5.74, 6) is 0.408.